The molecule has 1 heterocycles. The molecule has 1 aliphatic rings. The van der Waals surface area contributed by atoms with E-state index < -0.39 is 0 Å². The van der Waals surface area contributed by atoms with Gasteiger partial charge in [0.15, 0.2) is 0 Å². The first-order chi connectivity index (χ1) is 10.3. The van der Waals surface area contributed by atoms with Crippen LogP contribution in [0.1, 0.15) is 18.4 Å². The van der Waals surface area contributed by atoms with Gasteiger partial charge in [0, 0.05) is 19.6 Å². The van der Waals surface area contributed by atoms with Crippen molar-refractivity contribution >= 4 is 6.09 Å². The molecule has 116 valence electrons. The highest BCUT2D eigenvalue weighted by Crippen LogP contribution is 2.15. The lowest BCUT2D eigenvalue weighted by atomic mass is 10.1. The number of nitrogens with zero attached hydrogens (tertiary/aromatic N) is 1. The minimum atomic E-state index is -0.229. The summed E-state index contributed by atoms with van der Waals surface area (Å²) in [4.78, 5) is 13.8. The summed E-state index contributed by atoms with van der Waals surface area (Å²) in [6.45, 7) is 3.33. The van der Waals surface area contributed by atoms with Crippen LogP contribution in [-0.4, -0.2) is 50.4 Å². The Hall–Kier alpha value is -1.59. The molecule has 1 N–H and O–H groups in total. The smallest absolute Gasteiger partial charge is 0.410 e. The Labute approximate surface area is 126 Å². The van der Waals surface area contributed by atoms with Crippen molar-refractivity contribution in [2.24, 2.45) is 0 Å². The average Bonchev–Trinajstić information content (AvgIpc) is 2.54. The zero-order chi connectivity index (χ0) is 14.9. The first-order valence-corrected chi connectivity index (χ1v) is 7.51. The van der Waals surface area contributed by atoms with Gasteiger partial charge in [-0.15, -0.1) is 0 Å². The highest BCUT2D eigenvalue weighted by molar-refractivity contribution is 5.67. The molecule has 1 aliphatic heterocycles. The van der Waals surface area contributed by atoms with Crippen LogP contribution in [-0.2, 0) is 16.1 Å². The van der Waals surface area contributed by atoms with Crippen molar-refractivity contribution in [2.75, 3.05) is 33.3 Å². The third kappa shape index (κ3) is 5.36. The fourth-order valence-electron chi connectivity index (χ4n) is 2.34. The fourth-order valence-corrected chi connectivity index (χ4v) is 2.34. The first kappa shape index (κ1) is 15.8. The molecule has 0 aliphatic carbocycles. The predicted octanol–water partition coefficient (Wildman–Crippen LogP) is 2.02. The molecule has 2 rings (SSSR count). The first-order valence-electron chi connectivity index (χ1n) is 7.51. The van der Waals surface area contributed by atoms with Gasteiger partial charge in [-0.05, 0) is 25.5 Å². The fraction of sp³-hybridized carbons (Fsp3) is 0.562. The molecule has 1 saturated heterocycles. The van der Waals surface area contributed by atoms with E-state index in [1.807, 2.05) is 37.4 Å². The molecule has 0 aromatic heterocycles. The van der Waals surface area contributed by atoms with E-state index in [4.69, 9.17) is 9.47 Å². The molecule has 1 aromatic carbocycles. The third-order valence-corrected chi connectivity index (χ3v) is 3.61. The van der Waals surface area contributed by atoms with Crippen molar-refractivity contribution in [3.05, 3.63) is 35.9 Å². The van der Waals surface area contributed by atoms with Crippen molar-refractivity contribution in [3.63, 3.8) is 0 Å². The lowest BCUT2D eigenvalue weighted by Crippen LogP contribution is -2.41. The molecule has 5 heteroatoms. The average molecular weight is 292 g/mol. The summed E-state index contributed by atoms with van der Waals surface area (Å²) in [6.07, 6.45) is 1.79. The van der Waals surface area contributed by atoms with Gasteiger partial charge in [-0.1, -0.05) is 30.3 Å². The van der Waals surface area contributed by atoms with Gasteiger partial charge in [-0.2, -0.15) is 0 Å². The summed E-state index contributed by atoms with van der Waals surface area (Å²) in [5.74, 6) is 0. The highest BCUT2D eigenvalue weighted by Gasteiger charge is 2.23. The van der Waals surface area contributed by atoms with Crippen LogP contribution in [0, 0.1) is 0 Å². The Kier molecular flexibility index (Phi) is 6.50. The lowest BCUT2D eigenvalue weighted by Gasteiger charge is -2.31. The number of benzene rings is 1. The van der Waals surface area contributed by atoms with E-state index in [0.29, 0.717) is 19.7 Å². The second-order valence-corrected chi connectivity index (χ2v) is 5.20. The van der Waals surface area contributed by atoms with E-state index in [0.717, 1.165) is 31.6 Å². The molecular formula is C16H24N2O3. The number of carbonyl (C=O) groups excluding carboxylic acids is 1. The van der Waals surface area contributed by atoms with E-state index >= 15 is 0 Å². The lowest BCUT2D eigenvalue weighted by molar-refractivity contribution is 0.00677. The van der Waals surface area contributed by atoms with Crippen LogP contribution in [0.2, 0.25) is 0 Å². The summed E-state index contributed by atoms with van der Waals surface area (Å²) in [6, 6.07) is 9.74. The molecule has 0 bridgehead atoms. The third-order valence-electron chi connectivity index (χ3n) is 3.61. The molecule has 0 radical (unpaired) electrons. The molecule has 0 spiro atoms. The standard InChI is InChI=1S/C16H24N2O3/c1-17-9-12-20-15-7-10-18(11-8-15)16(19)21-13-14-5-3-2-4-6-14/h2-6,15,17H,7-13H2,1H3. The van der Waals surface area contributed by atoms with Gasteiger partial charge in [0.25, 0.3) is 0 Å². The monoisotopic (exact) mass is 292 g/mol. The van der Waals surface area contributed by atoms with Crippen LogP contribution in [0.3, 0.4) is 0 Å². The van der Waals surface area contributed by atoms with Crippen LogP contribution >= 0.6 is 0 Å². The Balaban J connectivity index is 1.66. The van der Waals surface area contributed by atoms with Crippen LogP contribution < -0.4 is 5.32 Å². The summed E-state index contributed by atoms with van der Waals surface area (Å²) in [5, 5.41) is 3.06. The summed E-state index contributed by atoms with van der Waals surface area (Å²) >= 11 is 0. The summed E-state index contributed by atoms with van der Waals surface area (Å²) in [7, 11) is 1.91. The number of amides is 1. The molecule has 5 nitrogen and oxygen atoms in total. The second-order valence-electron chi connectivity index (χ2n) is 5.20. The molecular weight excluding hydrogens is 268 g/mol. The number of hydrogen-bond donors (Lipinski definition) is 1. The van der Waals surface area contributed by atoms with E-state index in [-0.39, 0.29) is 12.2 Å². The number of ether oxygens (including phenoxy) is 2. The van der Waals surface area contributed by atoms with Gasteiger partial charge >= 0.3 is 6.09 Å². The van der Waals surface area contributed by atoms with E-state index in [2.05, 4.69) is 5.32 Å². The molecule has 1 fully saturated rings. The van der Waals surface area contributed by atoms with E-state index in [9.17, 15) is 4.79 Å². The molecule has 0 unspecified atom stereocenters. The van der Waals surface area contributed by atoms with Gasteiger partial charge in [0.05, 0.1) is 12.7 Å². The van der Waals surface area contributed by atoms with E-state index in [1.54, 1.807) is 4.90 Å². The van der Waals surface area contributed by atoms with Gasteiger partial charge in [0.2, 0.25) is 0 Å². The number of hydrogen-bond acceptors (Lipinski definition) is 4. The van der Waals surface area contributed by atoms with Gasteiger partial charge in [0.1, 0.15) is 6.61 Å². The van der Waals surface area contributed by atoms with E-state index in [1.165, 1.54) is 0 Å². The zero-order valence-electron chi connectivity index (χ0n) is 12.6. The molecule has 0 saturated carbocycles. The van der Waals surface area contributed by atoms with Gasteiger partial charge in [-0.25, -0.2) is 4.79 Å². The number of carbonyl (C=O) groups is 1. The van der Waals surface area contributed by atoms with Crippen LogP contribution in [0.25, 0.3) is 0 Å². The number of likely N-dealkylation sites (tertiary alicyclic amines) is 1. The van der Waals surface area contributed by atoms with Crippen LogP contribution in [0.4, 0.5) is 4.79 Å². The number of rotatable bonds is 6. The molecule has 1 amide bonds. The topological polar surface area (TPSA) is 50.8 Å². The van der Waals surface area contributed by atoms with Crippen molar-refractivity contribution < 1.29 is 14.3 Å². The van der Waals surface area contributed by atoms with Crippen molar-refractivity contribution in [2.45, 2.75) is 25.6 Å². The maximum Gasteiger partial charge on any atom is 0.410 e. The minimum Gasteiger partial charge on any atom is -0.445 e. The predicted molar refractivity (Wildman–Crippen MR) is 81.1 cm³/mol. The Morgan fingerprint density at radius 3 is 2.67 bits per heavy atom. The zero-order valence-corrected chi connectivity index (χ0v) is 12.6. The highest BCUT2D eigenvalue weighted by atomic mass is 16.6. The maximum absolute atomic E-state index is 12.0. The largest absolute Gasteiger partial charge is 0.445 e. The second kappa shape index (κ2) is 8.64. The van der Waals surface area contributed by atoms with Gasteiger partial charge < -0.3 is 19.7 Å². The molecule has 21 heavy (non-hydrogen) atoms. The Morgan fingerprint density at radius 2 is 2.00 bits per heavy atom. The Morgan fingerprint density at radius 1 is 1.29 bits per heavy atom. The summed E-state index contributed by atoms with van der Waals surface area (Å²) in [5.41, 5.74) is 1.01. The number of likely N-dealkylation sites (N-methyl/N-ethyl adjacent to an activating group) is 1. The van der Waals surface area contributed by atoms with Crippen molar-refractivity contribution in [1.82, 2.24) is 10.2 Å². The van der Waals surface area contributed by atoms with Crippen LogP contribution in [0.15, 0.2) is 30.3 Å². The minimum absolute atomic E-state index is 0.229. The maximum atomic E-state index is 12.0. The van der Waals surface area contributed by atoms with Crippen molar-refractivity contribution in [1.29, 1.82) is 0 Å². The SMILES string of the molecule is CNCCOC1CCN(C(=O)OCc2ccccc2)CC1. The van der Waals surface area contributed by atoms with Crippen LogP contribution in [0.5, 0.6) is 0 Å². The quantitative estimate of drug-likeness (QED) is 0.815. The normalized spacial score (nSPS) is 16.0. The molecule has 0 atom stereocenters. The number of piperidine rings is 1. The van der Waals surface area contributed by atoms with Crippen molar-refractivity contribution in [3.8, 4) is 0 Å². The molecule has 1 aromatic rings. The van der Waals surface area contributed by atoms with Gasteiger partial charge in [-0.3, -0.25) is 0 Å². The summed E-state index contributed by atoms with van der Waals surface area (Å²) < 4.78 is 11.1. The Bertz CT molecular complexity index is 417. The number of nitrogens with one attached hydrogen (secondary N) is 1.